The van der Waals surface area contributed by atoms with Gasteiger partial charge in [0, 0.05) is 26.1 Å². The maximum absolute atomic E-state index is 12.9. The third-order valence-corrected chi connectivity index (χ3v) is 5.09. The number of carbonyl (C=O) groups excluding carboxylic acids is 2. The maximum Gasteiger partial charge on any atom is 0.319 e. The van der Waals surface area contributed by atoms with Crippen LogP contribution in [0, 0.1) is 17.3 Å². The first-order chi connectivity index (χ1) is 10.9. The van der Waals surface area contributed by atoms with Gasteiger partial charge in [-0.15, -0.1) is 0 Å². The summed E-state index contributed by atoms with van der Waals surface area (Å²) in [6.07, 6.45) is 1.23. The van der Waals surface area contributed by atoms with Gasteiger partial charge < -0.3 is 14.4 Å². The third kappa shape index (κ3) is 5.28. The summed E-state index contributed by atoms with van der Waals surface area (Å²) < 4.78 is 11.3. The van der Waals surface area contributed by atoms with E-state index in [1.54, 1.807) is 21.0 Å². The topological polar surface area (TPSA) is 55.8 Å². The van der Waals surface area contributed by atoms with Crippen LogP contribution in [0.2, 0.25) is 0 Å². The van der Waals surface area contributed by atoms with Gasteiger partial charge in [-0.1, -0.05) is 13.8 Å². The Hall–Kier alpha value is -0.940. The smallest absolute Gasteiger partial charge is 0.319 e. The van der Waals surface area contributed by atoms with Gasteiger partial charge in [0.1, 0.15) is 11.5 Å². The molecule has 24 heavy (non-hydrogen) atoms. The molecule has 1 rings (SSSR count). The molecule has 140 valence electrons. The fourth-order valence-corrected chi connectivity index (χ4v) is 3.92. The van der Waals surface area contributed by atoms with E-state index in [1.807, 2.05) is 20.9 Å². The fourth-order valence-electron chi connectivity index (χ4n) is 3.92. The predicted octanol–water partition coefficient (Wildman–Crippen LogP) is 2.92. The number of esters is 1. The Bertz CT molecular complexity index is 462. The van der Waals surface area contributed by atoms with Crippen LogP contribution in [0.15, 0.2) is 0 Å². The van der Waals surface area contributed by atoms with E-state index in [9.17, 15) is 9.59 Å². The van der Waals surface area contributed by atoms with Gasteiger partial charge in [-0.3, -0.25) is 9.59 Å². The quantitative estimate of drug-likeness (QED) is 0.542. The molecule has 5 heteroatoms. The van der Waals surface area contributed by atoms with E-state index in [2.05, 4.69) is 18.7 Å². The Labute approximate surface area is 147 Å². The first-order valence-corrected chi connectivity index (χ1v) is 8.90. The monoisotopic (exact) mass is 341 g/mol. The van der Waals surface area contributed by atoms with E-state index in [1.165, 1.54) is 0 Å². The second kappa shape index (κ2) is 7.96. The molecule has 0 radical (unpaired) electrons. The molecule has 0 aromatic heterocycles. The van der Waals surface area contributed by atoms with Gasteiger partial charge in [0.25, 0.3) is 0 Å². The van der Waals surface area contributed by atoms with Crippen molar-refractivity contribution in [2.75, 3.05) is 27.2 Å². The highest BCUT2D eigenvalue weighted by Crippen LogP contribution is 2.33. The molecule has 1 aliphatic heterocycles. The van der Waals surface area contributed by atoms with Gasteiger partial charge in [0.05, 0.1) is 5.60 Å². The summed E-state index contributed by atoms with van der Waals surface area (Å²) in [4.78, 5) is 27.6. The van der Waals surface area contributed by atoms with Crippen molar-refractivity contribution in [2.24, 2.45) is 17.3 Å². The molecular formula is C19H35NO4. The second-order valence-corrected chi connectivity index (χ2v) is 8.49. The summed E-state index contributed by atoms with van der Waals surface area (Å²) in [6.45, 7) is 12.9. The first-order valence-electron chi connectivity index (χ1n) is 8.90. The molecule has 0 bridgehead atoms. The molecule has 1 aliphatic rings. The van der Waals surface area contributed by atoms with Crippen molar-refractivity contribution in [3.05, 3.63) is 0 Å². The molecule has 0 saturated carbocycles. The maximum atomic E-state index is 12.9. The van der Waals surface area contributed by atoms with Crippen molar-refractivity contribution in [1.29, 1.82) is 0 Å². The molecule has 5 nitrogen and oxygen atoms in total. The summed E-state index contributed by atoms with van der Waals surface area (Å²) in [5, 5.41) is 0. The molecule has 0 N–H and O–H groups in total. The Morgan fingerprint density at radius 2 is 1.67 bits per heavy atom. The van der Waals surface area contributed by atoms with Crippen molar-refractivity contribution < 1.29 is 19.1 Å². The lowest BCUT2D eigenvalue weighted by atomic mass is 9.76. The van der Waals surface area contributed by atoms with Crippen LogP contribution in [-0.2, 0) is 19.1 Å². The lowest BCUT2D eigenvalue weighted by Crippen LogP contribution is -2.42. The van der Waals surface area contributed by atoms with Gasteiger partial charge in [-0.25, -0.2) is 0 Å². The van der Waals surface area contributed by atoms with Gasteiger partial charge in [0.2, 0.25) is 0 Å². The number of ether oxygens (including phenoxy) is 2. The summed E-state index contributed by atoms with van der Waals surface area (Å²) in [6, 6.07) is 0. The van der Waals surface area contributed by atoms with E-state index in [4.69, 9.17) is 9.47 Å². The van der Waals surface area contributed by atoms with Crippen LogP contribution in [0.25, 0.3) is 0 Å². The first kappa shape index (κ1) is 21.1. The van der Waals surface area contributed by atoms with Crippen molar-refractivity contribution in [3.8, 4) is 0 Å². The molecule has 0 aromatic carbocycles. The van der Waals surface area contributed by atoms with Crippen LogP contribution in [-0.4, -0.2) is 55.6 Å². The molecule has 1 saturated heterocycles. The summed E-state index contributed by atoms with van der Waals surface area (Å²) in [7, 11) is 3.73. The van der Waals surface area contributed by atoms with Crippen LogP contribution in [0.3, 0.4) is 0 Å². The molecular weight excluding hydrogens is 306 g/mol. The van der Waals surface area contributed by atoms with E-state index in [0.29, 0.717) is 18.9 Å². The zero-order chi connectivity index (χ0) is 18.7. The average Bonchev–Trinajstić information content (AvgIpc) is 2.44. The van der Waals surface area contributed by atoms with Crippen LogP contribution in [0.1, 0.15) is 54.4 Å². The van der Waals surface area contributed by atoms with Crippen molar-refractivity contribution >= 4 is 11.8 Å². The van der Waals surface area contributed by atoms with E-state index in [0.717, 1.165) is 13.0 Å². The van der Waals surface area contributed by atoms with Crippen LogP contribution < -0.4 is 0 Å². The van der Waals surface area contributed by atoms with Crippen LogP contribution in [0.5, 0.6) is 0 Å². The molecule has 0 aliphatic carbocycles. The largest absolute Gasteiger partial charge is 0.461 e. The Morgan fingerprint density at radius 3 is 2.21 bits per heavy atom. The van der Waals surface area contributed by atoms with Crippen molar-refractivity contribution in [3.63, 3.8) is 0 Å². The number of nitrogens with zero attached hydrogens (tertiary/aromatic N) is 1. The molecule has 0 amide bonds. The number of cyclic esters (lactones) is 1. The molecule has 4 unspecified atom stereocenters. The van der Waals surface area contributed by atoms with Gasteiger partial charge in [0.15, 0.2) is 5.78 Å². The number of methoxy groups -OCH3 is 1. The molecule has 1 heterocycles. The Kier molecular flexibility index (Phi) is 7.00. The zero-order valence-corrected chi connectivity index (χ0v) is 16.6. The fraction of sp³-hybridized carbons (Fsp3) is 0.895. The number of Topliss-reactive ketones (excluding diaryl/α,β-unsaturated/α-hetero) is 1. The van der Waals surface area contributed by atoms with Crippen LogP contribution >= 0.6 is 0 Å². The van der Waals surface area contributed by atoms with Gasteiger partial charge in [-0.2, -0.15) is 0 Å². The number of ketones is 1. The molecule has 4 atom stereocenters. The minimum Gasteiger partial charge on any atom is -0.461 e. The van der Waals surface area contributed by atoms with Gasteiger partial charge in [-0.05, 0) is 53.5 Å². The lowest BCUT2D eigenvalue weighted by molar-refractivity contribution is -0.164. The number of hydrogen-bond donors (Lipinski definition) is 0. The summed E-state index contributed by atoms with van der Waals surface area (Å²) in [5.74, 6) is -0.368. The summed E-state index contributed by atoms with van der Waals surface area (Å²) in [5.41, 5.74) is -1.52. The van der Waals surface area contributed by atoms with Crippen LogP contribution in [0.4, 0.5) is 0 Å². The minimum absolute atomic E-state index is 0.0803. The highest BCUT2D eigenvalue weighted by Gasteiger charge is 2.43. The normalized spacial score (nSPS) is 37.1. The number of hydrogen-bond acceptors (Lipinski definition) is 5. The second-order valence-electron chi connectivity index (χ2n) is 8.49. The number of likely N-dealkylation sites (N-methyl/N-ethyl adjacent to an activating group) is 1. The molecule has 0 spiro atoms. The standard InChI is InChI=1S/C19H35NO4/c1-13-9-19(6,23-8)10-14(2)16(21)18(4,5)17(22)24-15(3)12-20(7)11-13/h13-15H,9-12H2,1-8H3. The predicted molar refractivity (Wildman–Crippen MR) is 94.8 cm³/mol. The minimum atomic E-state index is -1.14. The highest BCUT2D eigenvalue weighted by molar-refractivity contribution is 6.03. The highest BCUT2D eigenvalue weighted by atomic mass is 16.5. The van der Waals surface area contributed by atoms with E-state index < -0.39 is 11.4 Å². The Balaban J connectivity index is 3.13. The number of carbonyl (C=O) groups is 2. The third-order valence-electron chi connectivity index (χ3n) is 5.09. The number of rotatable bonds is 1. The van der Waals surface area contributed by atoms with E-state index >= 15 is 0 Å². The van der Waals surface area contributed by atoms with Crippen molar-refractivity contribution in [1.82, 2.24) is 4.90 Å². The average molecular weight is 341 g/mol. The molecule has 1 fully saturated rings. The molecule has 0 aromatic rings. The zero-order valence-electron chi connectivity index (χ0n) is 16.6. The van der Waals surface area contributed by atoms with Gasteiger partial charge >= 0.3 is 5.97 Å². The SMILES string of the molecule is COC1(C)CC(C)CN(C)CC(C)OC(=O)C(C)(C)C(=O)C(C)C1. The summed E-state index contributed by atoms with van der Waals surface area (Å²) >= 11 is 0. The van der Waals surface area contributed by atoms with Crippen molar-refractivity contribution in [2.45, 2.75) is 66.1 Å². The Morgan fingerprint density at radius 1 is 1.08 bits per heavy atom. The lowest BCUT2D eigenvalue weighted by Gasteiger charge is -2.35. The van der Waals surface area contributed by atoms with E-state index in [-0.39, 0.29) is 23.4 Å².